The average Bonchev–Trinajstić information content (AvgIpc) is 3.00. The van der Waals surface area contributed by atoms with Gasteiger partial charge in [0.2, 0.25) is 0 Å². The van der Waals surface area contributed by atoms with Crippen LogP contribution in [0.3, 0.4) is 0 Å². The van der Waals surface area contributed by atoms with Crippen molar-refractivity contribution in [1.82, 2.24) is 24.9 Å². The Morgan fingerprint density at radius 3 is 2.78 bits per heavy atom. The third-order valence-corrected chi connectivity index (χ3v) is 7.72. The van der Waals surface area contributed by atoms with E-state index in [1.54, 1.807) is 68.2 Å². The van der Waals surface area contributed by atoms with E-state index in [0.29, 0.717) is 70.4 Å². The number of halogens is 2. The first-order valence-corrected chi connectivity index (χ1v) is 15.3. The molecule has 238 valence electrons. The van der Waals surface area contributed by atoms with Crippen molar-refractivity contribution in [1.29, 1.82) is 0 Å². The topological polar surface area (TPSA) is 129 Å². The Morgan fingerprint density at radius 2 is 2.09 bits per heavy atom. The number of nitrogens with one attached hydrogen (secondary N) is 1. The molecule has 1 unspecified atom stereocenters. The van der Waals surface area contributed by atoms with E-state index < -0.39 is 23.6 Å². The molecule has 0 aliphatic carbocycles. The zero-order chi connectivity index (χ0) is 32.3. The number of allylic oxidation sites excluding steroid dienone is 1. The van der Waals surface area contributed by atoms with Gasteiger partial charge >= 0.3 is 6.09 Å². The summed E-state index contributed by atoms with van der Waals surface area (Å²) in [6.45, 7) is 10.3. The van der Waals surface area contributed by atoms with Gasteiger partial charge in [-0.05, 0) is 80.9 Å². The van der Waals surface area contributed by atoms with Crippen molar-refractivity contribution in [2.75, 3.05) is 43.0 Å². The maximum absolute atomic E-state index is 15.6. The van der Waals surface area contributed by atoms with Crippen LogP contribution in [0.5, 0.6) is 5.75 Å². The van der Waals surface area contributed by atoms with Crippen LogP contribution >= 0.6 is 15.9 Å². The van der Waals surface area contributed by atoms with Crippen LogP contribution in [0.15, 0.2) is 58.2 Å². The molecule has 1 saturated heterocycles. The molecule has 1 aromatic carbocycles. The Kier molecular flexibility index (Phi) is 9.53. The molecular weight excluding hydrogens is 647 g/mol. The summed E-state index contributed by atoms with van der Waals surface area (Å²) in [5.74, 6) is 1.40. The highest BCUT2D eigenvalue weighted by Gasteiger charge is 2.34. The fraction of sp³-hybridized carbons (Fsp3) is 0.387. The smallest absolute Gasteiger partial charge is 0.410 e. The summed E-state index contributed by atoms with van der Waals surface area (Å²) in [4.78, 5) is 29.9. The largest absolute Gasteiger partial charge is 0.457 e. The van der Waals surface area contributed by atoms with Gasteiger partial charge in [0.05, 0.1) is 34.9 Å². The minimum absolute atomic E-state index is 0.203. The molecule has 0 bridgehead atoms. The fourth-order valence-corrected chi connectivity index (χ4v) is 5.50. The summed E-state index contributed by atoms with van der Waals surface area (Å²) in [6, 6.07) is 4.61. The predicted molar refractivity (Wildman–Crippen MR) is 174 cm³/mol. The number of aliphatic hydroxyl groups is 1. The molecule has 0 saturated carbocycles. The van der Waals surface area contributed by atoms with Crippen molar-refractivity contribution < 1.29 is 23.8 Å². The lowest BCUT2D eigenvalue weighted by molar-refractivity contribution is 0.00698. The van der Waals surface area contributed by atoms with E-state index in [1.807, 2.05) is 24.0 Å². The van der Waals surface area contributed by atoms with E-state index in [1.165, 1.54) is 6.33 Å². The van der Waals surface area contributed by atoms with Gasteiger partial charge in [0.1, 0.15) is 34.8 Å². The standard InChI is InChI=1S/C31H36BrFN8O4/c1-6-36-40-11-9-21(10-12-40)44-25-8-7-23(26(33)19(25)2)37-28-27-24(34-18-35-28)15-22(32)29(38-27)39-13-14-41(20(16-39)17-42)30(43)45-31(3,4)5/h6-11,15,18,20,42H,12-14,16-17H2,1-5H3,(H,34,35,37)/b36-6-. The number of aromatic nitrogens is 3. The molecule has 14 heteroatoms. The number of rotatable bonds is 7. The van der Waals surface area contributed by atoms with Crippen LogP contribution in [0.4, 0.5) is 26.5 Å². The van der Waals surface area contributed by atoms with Crippen molar-refractivity contribution in [3.8, 4) is 5.75 Å². The molecule has 5 rings (SSSR count). The summed E-state index contributed by atoms with van der Waals surface area (Å²) in [5, 5.41) is 19.2. The van der Waals surface area contributed by atoms with Gasteiger partial charge in [-0.1, -0.05) is 0 Å². The molecule has 4 heterocycles. The van der Waals surface area contributed by atoms with Crippen molar-refractivity contribution in [2.24, 2.45) is 5.10 Å². The number of benzene rings is 1. The summed E-state index contributed by atoms with van der Waals surface area (Å²) >= 11 is 3.61. The number of carbonyl (C=O) groups is 1. The maximum Gasteiger partial charge on any atom is 0.410 e. The molecule has 2 aliphatic heterocycles. The Hall–Kier alpha value is -4.30. The molecule has 0 radical (unpaired) electrons. The summed E-state index contributed by atoms with van der Waals surface area (Å²) in [7, 11) is 0. The highest BCUT2D eigenvalue weighted by molar-refractivity contribution is 9.10. The van der Waals surface area contributed by atoms with Gasteiger partial charge in [0.25, 0.3) is 0 Å². The molecule has 2 N–H and O–H groups in total. The second-order valence-corrected chi connectivity index (χ2v) is 12.4. The van der Waals surface area contributed by atoms with E-state index in [4.69, 9.17) is 14.5 Å². The number of aliphatic hydroxyl groups excluding tert-OH is 1. The third-order valence-electron chi connectivity index (χ3n) is 7.14. The number of nitrogens with zero attached hydrogens (tertiary/aromatic N) is 7. The number of pyridine rings is 1. The van der Waals surface area contributed by atoms with Crippen LogP contribution in [-0.4, -0.2) is 86.7 Å². The lowest BCUT2D eigenvalue weighted by Crippen LogP contribution is -2.57. The summed E-state index contributed by atoms with van der Waals surface area (Å²) in [5.41, 5.74) is 0.858. The number of carbonyl (C=O) groups excluding carboxylic acids is 1. The van der Waals surface area contributed by atoms with Crippen molar-refractivity contribution in [3.05, 3.63) is 64.5 Å². The third kappa shape index (κ3) is 7.34. The normalized spacial score (nSPS) is 17.2. The first kappa shape index (κ1) is 32.1. The highest BCUT2D eigenvalue weighted by Crippen LogP contribution is 2.34. The van der Waals surface area contributed by atoms with E-state index in [0.717, 1.165) is 0 Å². The fourth-order valence-electron chi connectivity index (χ4n) is 4.94. The molecule has 45 heavy (non-hydrogen) atoms. The van der Waals surface area contributed by atoms with Crippen LogP contribution in [0, 0.1) is 12.7 Å². The molecule has 1 atom stereocenters. The predicted octanol–water partition coefficient (Wildman–Crippen LogP) is 5.49. The zero-order valence-electron chi connectivity index (χ0n) is 25.8. The maximum atomic E-state index is 15.6. The highest BCUT2D eigenvalue weighted by atomic mass is 79.9. The van der Waals surface area contributed by atoms with Gasteiger partial charge in [0.15, 0.2) is 11.6 Å². The molecule has 12 nitrogen and oxygen atoms in total. The molecule has 3 aromatic rings. The quantitative estimate of drug-likeness (QED) is 0.309. The number of hydrogen-bond acceptors (Lipinski definition) is 11. The van der Waals surface area contributed by atoms with E-state index in [9.17, 15) is 9.90 Å². The number of anilines is 3. The minimum atomic E-state index is -0.650. The molecule has 1 fully saturated rings. The van der Waals surface area contributed by atoms with Gasteiger partial charge in [-0.2, -0.15) is 5.10 Å². The Labute approximate surface area is 269 Å². The lowest BCUT2D eigenvalue weighted by atomic mass is 10.1. The lowest BCUT2D eigenvalue weighted by Gasteiger charge is -2.41. The molecule has 2 aromatic heterocycles. The summed E-state index contributed by atoms with van der Waals surface area (Å²) < 4.78 is 27.8. The molecular formula is C31H36BrFN8O4. The van der Waals surface area contributed by atoms with Crippen LogP contribution in [0.1, 0.15) is 33.3 Å². The van der Waals surface area contributed by atoms with Crippen molar-refractivity contribution in [3.63, 3.8) is 0 Å². The number of ether oxygens (including phenoxy) is 2. The molecule has 1 amide bonds. The second-order valence-electron chi connectivity index (χ2n) is 11.5. The second kappa shape index (κ2) is 13.4. The minimum Gasteiger partial charge on any atom is -0.457 e. The number of amides is 1. The summed E-state index contributed by atoms with van der Waals surface area (Å²) in [6.07, 6.45) is 8.05. The average molecular weight is 684 g/mol. The van der Waals surface area contributed by atoms with Gasteiger partial charge in [-0.15, -0.1) is 0 Å². The first-order chi connectivity index (χ1) is 21.5. The monoisotopic (exact) mass is 682 g/mol. The molecule has 0 spiro atoms. The Morgan fingerprint density at radius 1 is 1.29 bits per heavy atom. The van der Waals surface area contributed by atoms with Crippen molar-refractivity contribution in [2.45, 2.75) is 46.3 Å². The van der Waals surface area contributed by atoms with Crippen LogP contribution < -0.4 is 15.0 Å². The van der Waals surface area contributed by atoms with Gasteiger partial charge < -0.3 is 24.8 Å². The van der Waals surface area contributed by atoms with Gasteiger partial charge in [0, 0.05) is 37.6 Å². The first-order valence-electron chi connectivity index (χ1n) is 14.5. The zero-order valence-corrected chi connectivity index (χ0v) is 27.4. The van der Waals surface area contributed by atoms with E-state index >= 15 is 4.39 Å². The number of fused-ring (bicyclic) bond motifs is 1. The van der Waals surface area contributed by atoms with Gasteiger partial charge in [-0.25, -0.2) is 24.1 Å². The van der Waals surface area contributed by atoms with E-state index in [2.05, 4.69) is 36.3 Å². The number of hydrogen-bond donors (Lipinski definition) is 2. The van der Waals surface area contributed by atoms with E-state index in [-0.39, 0.29) is 12.3 Å². The van der Waals surface area contributed by atoms with Crippen LogP contribution in [-0.2, 0) is 4.74 Å². The van der Waals surface area contributed by atoms with Crippen molar-refractivity contribution >= 4 is 56.6 Å². The Bertz CT molecular complexity index is 1680. The van der Waals surface area contributed by atoms with Crippen LogP contribution in [0.2, 0.25) is 0 Å². The number of hydrazone groups is 1. The Balaban J connectivity index is 1.37. The molecule has 2 aliphatic rings. The number of piperazine rings is 1. The van der Waals surface area contributed by atoms with Gasteiger partial charge in [-0.3, -0.25) is 9.91 Å². The SMILES string of the molecule is C/C=N\N1C=CC(Oc2ccc(Nc3ncnc4cc(Br)c(N5CCN(C(=O)OC(C)(C)C)C(CO)C5)nc34)c(F)c2C)=CC1. The van der Waals surface area contributed by atoms with Crippen LogP contribution in [0.25, 0.3) is 11.0 Å².